The van der Waals surface area contributed by atoms with Crippen molar-refractivity contribution in [1.82, 2.24) is 4.90 Å². The molecule has 106 valence electrons. The Bertz CT molecular complexity index is 223. The molecule has 0 heterocycles. The minimum atomic E-state index is -0.0811. The average Bonchev–Trinajstić information content (AvgIpc) is 2.61. The summed E-state index contributed by atoms with van der Waals surface area (Å²) >= 11 is 0. The van der Waals surface area contributed by atoms with Crippen LogP contribution >= 0.6 is 0 Å². The highest BCUT2D eigenvalue weighted by Gasteiger charge is 2.31. The second-order valence-electron chi connectivity index (χ2n) is 5.92. The van der Waals surface area contributed by atoms with Crippen LogP contribution in [0.4, 0.5) is 0 Å². The molecule has 1 rings (SSSR count). The third-order valence-corrected chi connectivity index (χ3v) is 4.13. The molecule has 0 aromatic carbocycles. The van der Waals surface area contributed by atoms with Crippen LogP contribution in [0.1, 0.15) is 57.8 Å². The van der Waals surface area contributed by atoms with Crippen molar-refractivity contribution in [2.45, 2.75) is 57.8 Å². The van der Waals surface area contributed by atoms with E-state index in [0.29, 0.717) is 6.61 Å². The zero-order valence-electron chi connectivity index (χ0n) is 11.9. The van der Waals surface area contributed by atoms with Gasteiger partial charge in [0.15, 0.2) is 0 Å². The van der Waals surface area contributed by atoms with Crippen molar-refractivity contribution in [3.8, 4) is 0 Å². The van der Waals surface area contributed by atoms with Crippen molar-refractivity contribution < 1.29 is 9.90 Å². The van der Waals surface area contributed by atoms with Gasteiger partial charge < -0.3 is 14.8 Å². The van der Waals surface area contributed by atoms with Gasteiger partial charge in [-0.05, 0) is 45.7 Å². The smallest absolute Gasteiger partial charge is 0.127 e. The monoisotopic (exact) mass is 255 g/mol. The van der Waals surface area contributed by atoms with Crippen molar-refractivity contribution in [2.75, 3.05) is 26.7 Å². The van der Waals surface area contributed by atoms with E-state index >= 15 is 0 Å². The van der Waals surface area contributed by atoms with Crippen molar-refractivity contribution in [1.29, 1.82) is 0 Å². The molecule has 0 bridgehead atoms. The maximum Gasteiger partial charge on any atom is 0.127 e. The molecular weight excluding hydrogens is 226 g/mol. The predicted molar refractivity (Wildman–Crippen MR) is 74.6 cm³/mol. The largest absolute Gasteiger partial charge is 0.396 e. The number of hydrogen-bond donors (Lipinski definition) is 1. The molecule has 1 aliphatic carbocycles. The Balaban J connectivity index is 2.33. The molecule has 0 aliphatic heterocycles. The number of rotatable bonds is 8. The van der Waals surface area contributed by atoms with E-state index in [1.807, 2.05) is 0 Å². The molecular formula is C15H29NO2. The van der Waals surface area contributed by atoms with Crippen LogP contribution in [0.5, 0.6) is 0 Å². The third kappa shape index (κ3) is 5.49. The predicted octanol–water partition coefficient (Wildman–Crippen LogP) is 2.62. The molecule has 3 nitrogen and oxygen atoms in total. The van der Waals surface area contributed by atoms with E-state index in [2.05, 4.69) is 11.9 Å². The molecule has 1 fully saturated rings. The summed E-state index contributed by atoms with van der Waals surface area (Å²) in [6.07, 6.45) is 11.4. The van der Waals surface area contributed by atoms with E-state index in [-0.39, 0.29) is 5.41 Å². The standard InChI is InChI=1S/C15H29NO2/c1-16(11-7-4-8-12-17)13-15(14-18)9-5-2-3-6-10-15/h14,17H,2-13H2,1H3. The van der Waals surface area contributed by atoms with E-state index in [1.54, 1.807) is 0 Å². The zero-order chi connectivity index (χ0) is 13.3. The summed E-state index contributed by atoms with van der Waals surface area (Å²) in [7, 11) is 2.12. The normalized spacial score (nSPS) is 19.7. The summed E-state index contributed by atoms with van der Waals surface area (Å²) < 4.78 is 0. The Kier molecular flexibility index (Phi) is 7.52. The SMILES string of the molecule is CN(CCCCCO)CC1(C=O)CCCCCC1. The van der Waals surface area contributed by atoms with Gasteiger partial charge in [0.2, 0.25) is 0 Å². The first-order valence-electron chi connectivity index (χ1n) is 7.48. The number of carbonyl (C=O) groups excluding carboxylic acids is 1. The number of hydrogen-bond acceptors (Lipinski definition) is 3. The highest BCUT2D eigenvalue weighted by atomic mass is 16.2. The van der Waals surface area contributed by atoms with Crippen LogP contribution in [0, 0.1) is 5.41 Å². The maximum absolute atomic E-state index is 11.5. The van der Waals surface area contributed by atoms with Gasteiger partial charge in [0.1, 0.15) is 6.29 Å². The summed E-state index contributed by atoms with van der Waals surface area (Å²) in [6.45, 7) is 2.24. The number of carbonyl (C=O) groups is 1. The molecule has 18 heavy (non-hydrogen) atoms. The summed E-state index contributed by atoms with van der Waals surface area (Å²) in [5.41, 5.74) is -0.0811. The topological polar surface area (TPSA) is 40.5 Å². The fourth-order valence-electron chi connectivity index (χ4n) is 3.03. The van der Waals surface area contributed by atoms with Crippen molar-refractivity contribution >= 4 is 6.29 Å². The van der Waals surface area contributed by atoms with Crippen LogP contribution in [-0.4, -0.2) is 43.0 Å². The average molecular weight is 255 g/mol. The Morgan fingerprint density at radius 2 is 1.78 bits per heavy atom. The summed E-state index contributed by atoms with van der Waals surface area (Å²) in [4.78, 5) is 13.8. The van der Waals surface area contributed by atoms with Crippen LogP contribution in [0.15, 0.2) is 0 Å². The number of unbranched alkanes of at least 4 members (excludes halogenated alkanes) is 2. The van der Waals surface area contributed by atoms with Gasteiger partial charge in [0.05, 0.1) is 0 Å². The molecule has 1 N–H and O–H groups in total. The lowest BCUT2D eigenvalue weighted by Crippen LogP contribution is -2.37. The number of aliphatic hydroxyl groups is 1. The first-order chi connectivity index (χ1) is 8.72. The van der Waals surface area contributed by atoms with Gasteiger partial charge in [-0.3, -0.25) is 0 Å². The first kappa shape index (κ1) is 15.6. The minimum absolute atomic E-state index is 0.0811. The Morgan fingerprint density at radius 3 is 2.33 bits per heavy atom. The van der Waals surface area contributed by atoms with Crippen molar-refractivity contribution in [3.63, 3.8) is 0 Å². The third-order valence-electron chi connectivity index (χ3n) is 4.13. The lowest BCUT2D eigenvalue weighted by molar-refractivity contribution is -0.117. The molecule has 0 unspecified atom stereocenters. The van der Waals surface area contributed by atoms with Gasteiger partial charge in [-0.25, -0.2) is 0 Å². The quantitative estimate of drug-likeness (QED) is 0.412. The van der Waals surface area contributed by atoms with Gasteiger partial charge in [-0.15, -0.1) is 0 Å². The van der Waals surface area contributed by atoms with Crippen LogP contribution in [-0.2, 0) is 4.79 Å². The van der Waals surface area contributed by atoms with Gasteiger partial charge in [0.25, 0.3) is 0 Å². The first-order valence-corrected chi connectivity index (χ1v) is 7.48. The lowest BCUT2D eigenvalue weighted by atomic mass is 9.81. The molecule has 3 heteroatoms. The fourth-order valence-corrected chi connectivity index (χ4v) is 3.03. The molecule has 1 aliphatic rings. The zero-order valence-corrected chi connectivity index (χ0v) is 11.9. The second kappa shape index (κ2) is 8.65. The van der Waals surface area contributed by atoms with E-state index < -0.39 is 0 Å². The van der Waals surface area contributed by atoms with Crippen molar-refractivity contribution in [3.05, 3.63) is 0 Å². The molecule has 0 amide bonds. The van der Waals surface area contributed by atoms with Crippen LogP contribution in [0.2, 0.25) is 0 Å². The minimum Gasteiger partial charge on any atom is -0.396 e. The van der Waals surface area contributed by atoms with Gasteiger partial charge in [0, 0.05) is 18.6 Å². The Labute approximate surface area is 112 Å². The molecule has 1 saturated carbocycles. The highest BCUT2D eigenvalue weighted by Crippen LogP contribution is 2.33. The lowest BCUT2D eigenvalue weighted by Gasteiger charge is -2.31. The molecule has 0 atom stereocenters. The highest BCUT2D eigenvalue weighted by molar-refractivity contribution is 5.59. The molecule has 0 radical (unpaired) electrons. The molecule has 0 saturated heterocycles. The van der Waals surface area contributed by atoms with E-state index in [9.17, 15) is 4.79 Å². The maximum atomic E-state index is 11.5. The Morgan fingerprint density at radius 1 is 1.11 bits per heavy atom. The number of nitrogens with zero attached hydrogens (tertiary/aromatic N) is 1. The van der Waals surface area contributed by atoms with Crippen LogP contribution in [0.3, 0.4) is 0 Å². The van der Waals surface area contributed by atoms with Gasteiger partial charge in [-0.1, -0.05) is 25.7 Å². The van der Waals surface area contributed by atoms with E-state index in [0.717, 1.165) is 45.2 Å². The molecule has 0 aromatic heterocycles. The Hall–Kier alpha value is -0.410. The second-order valence-corrected chi connectivity index (χ2v) is 5.92. The number of aldehydes is 1. The summed E-state index contributed by atoms with van der Waals surface area (Å²) in [6, 6.07) is 0. The van der Waals surface area contributed by atoms with E-state index in [4.69, 9.17) is 5.11 Å². The van der Waals surface area contributed by atoms with Crippen molar-refractivity contribution in [2.24, 2.45) is 5.41 Å². The van der Waals surface area contributed by atoms with Gasteiger partial charge in [-0.2, -0.15) is 0 Å². The van der Waals surface area contributed by atoms with Crippen LogP contribution in [0.25, 0.3) is 0 Å². The summed E-state index contributed by atoms with van der Waals surface area (Å²) in [5, 5.41) is 8.74. The van der Waals surface area contributed by atoms with E-state index in [1.165, 1.54) is 32.0 Å². The fraction of sp³-hybridized carbons (Fsp3) is 0.933. The summed E-state index contributed by atoms with van der Waals surface area (Å²) in [5.74, 6) is 0. The molecule has 0 spiro atoms. The molecule has 0 aromatic rings. The van der Waals surface area contributed by atoms with Gasteiger partial charge >= 0.3 is 0 Å². The number of aliphatic hydroxyl groups excluding tert-OH is 1. The van der Waals surface area contributed by atoms with Crippen LogP contribution < -0.4 is 0 Å².